The summed E-state index contributed by atoms with van der Waals surface area (Å²) < 4.78 is 0. The molecule has 0 radical (unpaired) electrons. The van der Waals surface area contributed by atoms with Crippen molar-refractivity contribution in [2.45, 2.75) is 38.5 Å². The minimum Gasteiger partial charge on any atom is -0.400 e. The predicted octanol–water partition coefficient (Wildman–Crippen LogP) is 1.95. The highest BCUT2D eigenvalue weighted by atomic mass is 16.2. The molecule has 1 saturated carbocycles. The third kappa shape index (κ3) is 4.13. The fraction of sp³-hybridized carbons (Fsp3) is 1.00. The van der Waals surface area contributed by atoms with Crippen molar-refractivity contribution < 1.29 is 5.11 Å². The highest BCUT2D eigenvalue weighted by molar-refractivity contribution is 4.51. The summed E-state index contributed by atoms with van der Waals surface area (Å²) in [5.41, 5.74) is 0. The van der Waals surface area contributed by atoms with Gasteiger partial charge in [-0.25, -0.2) is 0 Å². The van der Waals surface area contributed by atoms with E-state index in [1.165, 1.54) is 38.5 Å². The first kappa shape index (κ1) is 7.96. The van der Waals surface area contributed by atoms with Gasteiger partial charge in [-0.1, -0.05) is 38.5 Å². The van der Waals surface area contributed by atoms with Gasteiger partial charge in [-0.05, 0) is 0 Å². The smallest absolute Gasteiger partial charge is 0.0319 e. The van der Waals surface area contributed by atoms with Crippen LogP contribution in [0.25, 0.3) is 0 Å². The van der Waals surface area contributed by atoms with Crippen LogP contribution in [-0.2, 0) is 0 Å². The fourth-order valence-electron chi connectivity index (χ4n) is 1.06. The van der Waals surface area contributed by atoms with Crippen LogP contribution in [0.3, 0.4) is 0 Å². The van der Waals surface area contributed by atoms with E-state index in [0.29, 0.717) is 0 Å². The summed E-state index contributed by atoms with van der Waals surface area (Å²) in [7, 11) is 1.00. The van der Waals surface area contributed by atoms with Gasteiger partial charge in [0.2, 0.25) is 0 Å². The average molecular weight is 116 g/mol. The molecule has 0 aromatic rings. The largest absolute Gasteiger partial charge is 0.400 e. The molecule has 0 bridgehead atoms. The Kier molecular flexibility index (Phi) is 6.93. The van der Waals surface area contributed by atoms with Gasteiger partial charge in [0, 0.05) is 7.11 Å². The Bertz CT molecular complexity index is 19.9. The van der Waals surface area contributed by atoms with Crippen LogP contribution in [0.5, 0.6) is 0 Å². The first-order chi connectivity index (χ1) is 4.00. The van der Waals surface area contributed by atoms with E-state index in [1.54, 1.807) is 0 Å². The van der Waals surface area contributed by atoms with Gasteiger partial charge < -0.3 is 5.11 Å². The van der Waals surface area contributed by atoms with Crippen molar-refractivity contribution in [2.75, 3.05) is 7.11 Å². The number of hydrogen-bond acceptors (Lipinski definition) is 1. The van der Waals surface area contributed by atoms with Crippen LogP contribution in [0, 0.1) is 0 Å². The first-order valence-electron chi connectivity index (χ1n) is 3.45. The Labute approximate surface area is 51.7 Å². The van der Waals surface area contributed by atoms with E-state index >= 15 is 0 Å². The molecule has 1 fully saturated rings. The van der Waals surface area contributed by atoms with Crippen molar-refractivity contribution in [3.05, 3.63) is 0 Å². The Morgan fingerprint density at radius 1 is 0.625 bits per heavy atom. The molecule has 0 unspecified atom stereocenters. The molecule has 1 rings (SSSR count). The fourth-order valence-corrected chi connectivity index (χ4v) is 1.06. The van der Waals surface area contributed by atoms with Crippen molar-refractivity contribution in [2.24, 2.45) is 0 Å². The molecule has 1 aliphatic carbocycles. The van der Waals surface area contributed by atoms with Crippen LogP contribution >= 0.6 is 0 Å². The number of rotatable bonds is 0. The van der Waals surface area contributed by atoms with Crippen molar-refractivity contribution in [3.63, 3.8) is 0 Å². The van der Waals surface area contributed by atoms with Gasteiger partial charge in [-0.3, -0.25) is 0 Å². The maximum absolute atomic E-state index is 7.00. The van der Waals surface area contributed by atoms with Gasteiger partial charge >= 0.3 is 0 Å². The number of aliphatic hydroxyl groups excluding tert-OH is 1. The molecule has 1 nitrogen and oxygen atoms in total. The van der Waals surface area contributed by atoms with Gasteiger partial charge in [-0.15, -0.1) is 0 Å². The zero-order valence-corrected chi connectivity index (χ0v) is 5.69. The minimum atomic E-state index is 1.00. The van der Waals surface area contributed by atoms with Crippen molar-refractivity contribution in [1.82, 2.24) is 0 Å². The van der Waals surface area contributed by atoms with E-state index in [4.69, 9.17) is 5.11 Å². The molecular formula is C7H16O. The molecule has 1 N–H and O–H groups in total. The van der Waals surface area contributed by atoms with Gasteiger partial charge in [0.25, 0.3) is 0 Å². The normalized spacial score (nSPS) is 18.8. The molecule has 0 aromatic carbocycles. The molecule has 50 valence electrons. The lowest BCUT2D eigenvalue weighted by molar-refractivity contribution is 0.399. The van der Waals surface area contributed by atoms with Crippen LogP contribution in [0.1, 0.15) is 38.5 Å². The molecule has 0 atom stereocenters. The number of hydrogen-bond donors (Lipinski definition) is 1. The highest BCUT2D eigenvalue weighted by Gasteiger charge is 1.95. The topological polar surface area (TPSA) is 20.2 Å². The molecule has 0 heterocycles. The molecule has 0 amide bonds. The second-order valence-corrected chi connectivity index (χ2v) is 2.12. The molecule has 1 heteroatoms. The van der Waals surface area contributed by atoms with E-state index in [2.05, 4.69) is 0 Å². The minimum absolute atomic E-state index is 1.00. The van der Waals surface area contributed by atoms with Crippen molar-refractivity contribution >= 4 is 0 Å². The summed E-state index contributed by atoms with van der Waals surface area (Å²) in [6, 6.07) is 0. The lowest BCUT2D eigenvalue weighted by Gasteiger charge is -2.05. The summed E-state index contributed by atoms with van der Waals surface area (Å²) in [5.74, 6) is 0. The molecule has 0 aromatic heterocycles. The van der Waals surface area contributed by atoms with E-state index in [-0.39, 0.29) is 0 Å². The van der Waals surface area contributed by atoms with Gasteiger partial charge in [0.05, 0.1) is 0 Å². The second kappa shape index (κ2) is 6.96. The maximum atomic E-state index is 7.00. The van der Waals surface area contributed by atoms with Gasteiger partial charge in [-0.2, -0.15) is 0 Å². The van der Waals surface area contributed by atoms with Crippen molar-refractivity contribution in [3.8, 4) is 0 Å². The molecule has 0 spiro atoms. The maximum Gasteiger partial charge on any atom is 0.0319 e. The van der Waals surface area contributed by atoms with E-state index < -0.39 is 0 Å². The Morgan fingerprint density at radius 3 is 0.875 bits per heavy atom. The number of aliphatic hydroxyl groups is 1. The van der Waals surface area contributed by atoms with Crippen LogP contribution < -0.4 is 0 Å². The lowest BCUT2D eigenvalue weighted by atomic mass is 10.0. The lowest BCUT2D eigenvalue weighted by Crippen LogP contribution is -1.85. The van der Waals surface area contributed by atoms with Crippen LogP contribution in [0.4, 0.5) is 0 Å². The standard InChI is InChI=1S/C6H12.CH4O/c1-2-4-6-5-3-1;1-2/h1-6H2;2H,1H3. The zero-order valence-electron chi connectivity index (χ0n) is 5.69. The molecule has 0 aliphatic heterocycles. The molecular weight excluding hydrogens is 100 g/mol. The molecule has 0 saturated heterocycles. The van der Waals surface area contributed by atoms with E-state index in [1.807, 2.05) is 0 Å². The summed E-state index contributed by atoms with van der Waals surface area (Å²) in [5, 5.41) is 7.00. The van der Waals surface area contributed by atoms with Crippen LogP contribution in [0.2, 0.25) is 0 Å². The van der Waals surface area contributed by atoms with E-state index in [0.717, 1.165) is 7.11 Å². The summed E-state index contributed by atoms with van der Waals surface area (Å²) >= 11 is 0. The Morgan fingerprint density at radius 2 is 0.750 bits per heavy atom. The SMILES string of the molecule is C1CCCCC1.CO. The molecule has 1 aliphatic rings. The van der Waals surface area contributed by atoms with Crippen LogP contribution in [0.15, 0.2) is 0 Å². The second-order valence-electron chi connectivity index (χ2n) is 2.12. The summed E-state index contributed by atoms with van der Waals surface area (Å²) in [6.45, 7) is 0. The first-order valence-corrected chi connectivity index (χ1v) is 3.45. The monoisotopic (exact) mass is 116 g/mol. The predicted molar refractivity (Wildman–Crippen MR) is 35.8 cm³/mol. The third-order valence-electron chi connectivity index (χ3n) is 1.50. The summed E-state index contributed by atoms with van der Waals surface area (Å²) in [4.78, 5) is 0. The molecule has 8 heavy (non-hydrogen) atoms. The Balaban J connectivity index is 0.000000222. The van der Waals surface area contributed by atoms with Gasteiger partial charge in [0.15, 0.2) is 0 Å². The highest BCUT2D eigenvalue weighted by Crippen LogP contribution is 2.15. The summed E-state index contributed by atoms with van der Waals surface area (Å²) in [6.07, 6.45) is 9.00. The zero-order chi connectivity index (χ0) is 6.24. The third-order valence-corrected chi connectivity index (χ3v) is 1.50. The average Bonchev–Trinajstić information content (AvgIpc) is 1.96. The Hall–Kier alpha value is -0.0400. The quantitative estimate of drug-likeness (QED) is 0.513. The van der Waals surface area contributed by atoms with E-state index in [9.17, 15) is 0 Å². The van der Waals surface area contributed by atoms with Gasteiger partial charge in [0.1, 0.15) is 0 Å². The van der Waals surface area contributed by atoms with Crippen LogP contribution in [-0.4, -0.2) is 12.2 Å². The van der Waals surface area contributed by atoms with Crippen molar-refractivity contribution in [1.29, 1.82) is 0 Å².